The average Bonchev–Trinajstić information content (AvgIpc) is 2.93. The number of primary amides is 1. The lowest BCUT2D eigenvalue weighted by molar-refractivity contribution is -0.137. The minimum atomic E-state index is -4.44. The van der Waals surface area contributed by atoms with Crippen molar-refractivity contribution in [3.8, 4) is 11.3 Å². The quantitative estimate of drug-likeness (QED) is 0.712. The van der Waals surface area contributed by atoms with Gasteiger partial charge in [0, 0.05) is 23.4 Å². The number of fused-ring (bicyclic) bond motifs is 1. The molecule has 128 valence electrons. The Balaban J connectivity index is 2.12. The first-order valence-electron chi connectivity index (χ1n) is 7.25. The molecule has 0 bridgehead atoms. The van der Waals surface area contributed by atoms with Gasteiger partial charge in [0.2, 0.25) is 5.91 Å². The number of rotatable bonds is 3. The number of nitrogens with two attached hydrogens (primary N) is 1. The van der Waals surface area contributed by atoms with Crippen molar-refractivity contribution in [3.05, 3.63) is 53.4 Å². The van der Waals surface area contributed by atoms with Crippen LogP contribution in [0.4, 0.5) is 13.2 Å². The number of amides is 1. The lowest BCUT2D eigenvalue weighted by Crippen LogP contribution is -2.05. The highest BCUT2D eigenvalue weighted by Crippen LogP contribution is 2.33. The molecule has 1 aromatic carbocycles. The summed E-state index contributed by atoms with van der Waals surface area (Å²) in [5, 5.41) is 0. The summed E-state index contributed by atoms with van der Waals surface area (Å²) in [5.41, 5.74) is 6.86. The van der Waals surface area contributed by atoms with Crippen LogP contribution in [0.5, 0.6) is 0 Å². The van der Waals surface area contributed by atoms with Crippen LogP contribution in [0.2, 0.25) is 0 Å². The second-order valence-electron chi connectivity index (χ2n) is 5.52. The molecular formula is C17H13F3N4O. The molecule has 3 aromatic rings. The summed E-state index contributed by atoms with van der Waals surface area (Å²) in [6, 6.07) is 3.72. The van der Waals surface area contributed by atoms with Crippen LogP contribution in [0.3, 0.4) is 0 Å². The van der Waals surface area contributed by atoms with E-state index in [1.54, 1.807) is 19.2 Å². The number of nitrogens with one attached hydrogen (secondary N) is 1. The summed E-state index contributed by atoms with van der Waals surface area (Å²) in [6.45, 7) is 1.59. The van der Waals surface area contributed by atoms with Gasteiger partial charge in [0.1, 0.15) is 5.52 Å². The first-order valence-corrected chi connectivity index (χ1v) is 7.25. The van der Waals surface area contributed by atoms with Crippen LogP contribution in [-0.4, -0.2) is 20.9 Å². The summed E-state index contributed by atoms with van der Waals surface area (Å²) < 4.78 is 39.0. The minimum absolute atomic E-state index is 0.301. The number of aryl methyl sites for hydroxylation is 1. The molecule has 0 aliphatic rings. The predicted octanol–water partition coefficient (Wildman–Crippen LogP) is 3.45. The zero-order valence-corrected chi connectivity index (χ0v) is 13.1. The zero-order valence-electron chi connectivity index (χ0n) is 13.1. The van der Waals surface area contributed by atoms with Gasteiger partial charge in [-0.1, -0.05) is 0 Å². The van der Waals surface area contributed by atoms with Gasteiger partial charge in [-0.25, -0.2) is 9.97 Å². The molecule has 3 rings (SSSR count). The van der Waals surface area contributed by atoms with Crippen LogP contribution >= 0.6 is 0 Å². The summed E-state index contributed by atoms with van der Waals surface area (Å²) in [6.07, 6.45) is 1.19. The number of halogens is 3. The highest BCUT2D eigenvalue weighted by atomic mass is 19.4. The van der Waals surface area contributed by atoms with Crippen LogP contribution in [0.25, 0.3) is 28.5 Å². The van der Waals surface area contributed by atoms with Crippen LogP contribution in [0.15, 0.2) is 36.7 Å². The molecule has 0 radical (unpaired) electrons. The molecule has 0 spiro atoms. The number of aromatic amines is 1. The maximum Gasteiger partial charge on any atom is 0.416 e. The largest absolute Gasteiger partial charge is 0.416 e. The van der Waals surface area contributed by atoms with Crippen molar-refractivity contribution in [3.63, 3.8) is 0 Å². The zero-order chi connectivity index (χ0) is 18.2. The molecule has 1 amide bonds. The van der Waals surface area contributed by atoms with Gasteiger partial charge in [-0.2, -0.15) is 13.2 Å². The number of H-pyrrole nitrogens is 1. The average molecular weight is 346 g/mol. The predicted molar refractivity (Wildman–Crippen MR) is 87.3 cm³/mol. The fourth-order valence-corrected chi connectivity index (χ4v) is 2.44. The Kier molecular flexibility index (Phi) is 4.03. The number of carbonyl (C=O) groups excluding carboxylic acids is 1. The molecule has 0 unspecified atom stereocenters. The normalized spacial score (nSPS) is 12.2. The van der Waals surface area contributed by atoms with Gasteiger partial charge in [0.05, 0.1) is 17.5 Å². The van der Waals surface area contributed by atoms with Gasteiger partial charge in [0.25, 0.3) is 0 Å². The van der Waals surface area contributed by atoms with Crippen LogP contribution in [-0.2, 0) is 11.0 Å². The van der Waals surface area contributed by atoms with Gasteiger partial charge >= 0.3 is 6.18 Å². The summed E-state index contributed by atoms with van der Waals surface area (Å²) >= 11 is 0. The van der Waals surface area contributed by atoms with Crippen molar-refractivity contribution in [2.75, 3.05) is 0 Å². The molecule has 8 heteroatoms. The molecule has 0 aliphatic heterocycles. The number of aromatic nitrogens is 3. The van der Waals surface area contributed by atoms with E-state index in [-0.39, 0.29) is 0 Å². The van der Waals surface area contributed by atoms with E-state index in [0.717, 1.165) is 12.1 Å². The Bertz CT molecular complexity index is 989. The van der Waals surface area contributed by atoms with Gasteiger partial charge < -0.3 is 10.7 Å². The molecule has 0 saturated carbocycles. The highest BCUT2D eigenvalue weighted by molar-refractivity contribution is 5.93. The summed E-state index contributed by atoms with van der Waals surface area (Å²) in [4.78, 5) is 22.3. The van der Waals surface area contributed by atoms with E-state index in [0.29, 0.717) is 33.5 Å². The number of nitrogens with zero attached hydrogens (tertiary/aromatic N) is 2. The van der Waals surface area contributed by atoms with Gasteiger partial charge in [-0.15, -0.1) is 0 Å². The van der Waals surface area contributed by atoms with E-state index in [1.807, 2.05) is 0 Å². The van der Waals surface area contributed by atoms with E-state index in [2.05, 4.69) is 15.0 Å². The Labute approximate surface area is 140 Å². The Morgan fingerprint density at radius 3 is 2.72 bits per heavy atom. The van der Waals surface area contributed by atoms with E-state index in [1.165, 1.54) is 18.3 Å². The van der Waals surface area contributed by atoms with Crippen molar-refractivity contribution in [2.24, 2.45) is 5.73 Å². The molecule has 2 aromatic heterocycles. The standard InChI is InChI=1S/C17H13F3N4O/c1-9-4-11(6-12(5-9)17(18,19)20)13-8-23-16-15(24-13)10(7-22-16)2-3-14(21)25/h2-8H,1H3,(H2,21,25)(H,22,23). The van der Waals surface area contributed by atoms with Gasteiger partial charge in [0.15, 0.2) is 5.65 Å². The third-order valence-electron chi connectivity index (χ3n) is 3.54. The molecule has 0 saturated heterocycles. The first-order chi connectivity index (χ1) is 11.7. The molecule has 2 heterocycles. The molecule has 0 fully saturated rings. The third-order valence-corrected chi connectivity index (χ3v) is 3.54. The molecule has 0 aliphatic carbocycles. The third kappa shape index (κ3) is 3.52. The van der Waals surface area contributed by atoms with Crippen LogP contribution in [0, 0.1) is 6.92 Å². The fraction of sp³-hybridized carbons (Fsp3) is 0.118. The van der Waals surface area contributed by atoms with Crippen LogP contribution < -0.4 is 5.73 Å². The topological polar surface area (TPSA) is 84.7 Å². The summed E-state index contributed by atoms with van der Waals surface area (Å²) in [5.74, 6) is -0.619. The van der Waals surface area contributed by atoms with E-state index in [9.17, 15) is 18.0 Å². The Hall–Kier alpha value is -3.16. The maximum absolute atomic E-state index is 13.0. The number of hydrogen-bond donors (Lipinski definition) is 2. The molecule has 3 N–H and O–H groups in total. The molecule has 0 atom stereocenters. The van der Waals surface area contributed by atoms with Gasteiger partial charge in [-0.3, -0.25) is 4.79 Å². The Morgan fingerprint density at radius 1 is 1.28 bits per heavy atom. The lowest BCUT2D eigenvalue weighted by atomic mass is 10.0. The van der Waals surface area contributed by atoms with Gasteiger partial charge in [-0.05, 0) is 36.8 Å². The summed E-state index contributed by atoms with van der Waals surface area (Å²) in [7, 11) is 0. The first kappa shape index (κ1) is 16.7. The van der Waals surface area contributed by atoms with Crippen molar-refractivity contribution in [1.29, 1.82) is 0 Å². The minimum Gasteiger partial charge on any atom is -0.366 e. The maximum atomic E-state index is 13.0. The van der Waals surface area contributed by atoms with E-state index in [4.69, 9.17) is 5.73 Å². The van der Waals surface area contributed by atoms with Crippen molar-refractivity contribution in [1.82, 2.24) is 15.0 Å². The lowest BCUT2D eigenvalue weighted by Gasteiger charge is -2.10. The smallest absolute Gasteiger partial charge is 0.366 e. The van der Waals surface area contributed by atoms with Crippen molar-refractivity contribution < 1.29 is 18.0 Å². The SMILES string of the molecule is Cc1cc(-c2cnc3[nH]cc(C=CC(N)=O)c3n2)cc(C(F)(F)F)c1. The molecular weight excluding hydrogens is 333 g/mol. The Morgan fingerprint density at radius 2 is 2.04 bits per heavy atom. The highest BCUT2D eigenvalue weighted by Gasteiger charge is 2.31. The monoisotopic (exact) mass is 346 g/mol. The molecule has 25 heavy (non-hydrogen) atoms. The molecule has 5 nitrogen and oxygen atoms in total. The number of benzene rings is 1. The fourth-order valence-electron chi connectivity index (χ4n) is 2.44. The van der Waals surface area contributed by atoms with Crippen LogP contribution in [0.1, 0.15) is 16.7 Å². The number of alkyl halides is 3. The van der Waals surface area contributed by atoms with E-state index < -0.39 is 17.6 Å². The van der Waals surface area contributed by atoms with Crippen molar-refractivity contribution in [2.45, 2.75) is 13.1 Å². The number of carbonyl (C=O) groups is 1. The number of hydrogen-bond acceptors (Lipinski definition) is 3. The van der Waals surface area contributed by atoms with Crippen molar-refractivity contribution >= 4 is 23.1 Å². The second-order valence-corrected chi connectivity index (χ2v) is 5.52. The second kappa shape index (κ2) is 6.04. The van der Waals surface area contributed by atoms with E-state index >= 15 is 0 Å².